The SMILES string of the molecule is O=C(O)CC(CC(F)(F)F)c1cnc2ccccc2n1. The Labute approximate surface area is 112 Å². The molecular weight excluding hydrogens is 273 g/mol. The first-order valence-corrected chi connectivity index (χ1v) is 5.85. The Morgan fingerprint density at radius 2 is 1.90 bits per heavy atom. The van der Waals surface area contributed by atoms with Crippen molar-refractivity contribution in [2.45, 2.75) is 24.9 Å². The van der Waals surface area contributed by atoms with Crippen LogP contribution in [-0.2, 0) is 4.79 Å². The number of benzene rings is 1. The zero-order chi connectivity index (χ0) is 14.8. The van der Waals surface area contributed by atoms with E-state index in [1.54, 1.807) is 24.3 Å². The molecule has 106 valence electrons. The molecule has 0 amide bonds. The van der Waals surface area contributed by atoms with Crippen LogP contribution in [0.4, 0.5) is 13.2 Å². The number of carbonyl (C=O) groups is 1. The van der Waals surface area contributed by atoms with E-state index in [1.165, 1.54) is 6.20 Å². The fourth-order valence-electron chi connectivity index (χ4n) is 1.94. The van der Waals surface area contributed by atoms with Crippen LogP contribution in [0.2, 0.25) is 0 Å². The molecule has 1 heterocycles. The molecule has 4 nitrogen and oxygen atoms in total. The Hall–Kier alpha value is -2.18. The number of aromatic nitrogens is 2. The first kappa shape index (κ1) is 14.2. The summed E-state index contributed by atoms with van der Waals surface area (Å²) in [5.74, 6) is -2.53. The number of halogens is 3. The molecule has 1 aromatic carbocycles. The molecule has 20 heavy (non-hydrogen) atoms. The molecular formula is C13H11F3N2O2. The summed E-state index contributed by atoms with van der Waals surface area (Å²) < 4.78 is 37.5. The predicted octanol–water partition coefficient (Wildman–Crippen LogP) is 3.14. The van der Waals surface area contributed by atoms with E-state index in [0.29, 0.717) is 11.0 Å². The number of alkyl halides is 3. The summed E-state index contributed by atoms with van der Waals surface area (Å²) in [5, 5.41) is 8.74. The van der Waals surface area contributed by atoms with Crippen molar-refractivity contribution in [3.63, 3.8) is 0 Å². The van der Waals surface area contributed by atoms with Gasteiger partial charge >= 0.3 is 12.1 Å². The second kappa shape index (κ2) is 5.44. The zero-order valence-corrected chi connectivity index (χ0v) is 10.3. The van der Waals surface area contributed by atoms with Gasteiger partial charge in [-0.1, -0.05) is 12.1 Å². The van der Waals surface area contributed by atoms with Crippen molar-refractivity contribution in [1.82, 2.24) is 9.97 Å². The van der Waals surface area contributed by atoms with E-state index in [4.69, 9.17) is 5.11 Å². The quantitative estimate of drug-likeness (QED) is 0.936. The third-order valence-corrected chi connectivity index (χ3v) is 2.78. The first-order valence-electron chi connectivity index (χ1n) is 5.85. The number of nitrogens with zero attached hydrogens (tertiary/aromatic N) is 2. The lowest BCUT2D eigenvalue weighted by Crippen LogP contribution is -2.17. The Morgan fingerprint density at radius 3 is 2.50 bits per heavy atom. The van der Waals surface area contributed by atoms with Crippen LogP contribution in [0.1, 0.15) is 24.5 Å². The van der Waals surface area contributed by atoms with Gasteiger partial charge in [-0.3, -0.25) is 9.78 Å². The maximum absolute atomic E-state index is 12.5. The lowest BCUT2D eigenvalue weighted by Gasteiger charge is -2.16. The highest BCUT2D eigenvalue weighted by molar-refractivity contribution is 5.74. The van der Waals surface area contributed by atoms with E-state index in [2.05, 4.69) is 9.97 Å². The molecule has 0 bridgehead atoms. The standard InChI is InChI=1S/C13H11F3N2O2/c14-13(15,16)6-8(5-12(19)20)11-7-17-9-3-1-2-4-10(9)18-11/h1-4,7-8H,5-6H2,(H,19,20). The fourth-order valence-corrected chi connectivity index (χ4v) is 1.94. The number of hydrogen-bond donors (Lipinski definition) is 1. The summed E-state index contributed by atoms with van der Waals surface area (Å²) in [5.41, 5.74) is 1.04. The van der Waals surface area contributed by atoms with Gasteiger partial charge in [-0.25, -0.2) is 4.98 Å². The minimum atomic E-state index is -4.45. The van der Waals surface area contributed by atoms with Crippen LogP contribution < -0.4 is 0 Å². The molecule has 1 atom stereocenters. The molecule has 2 aromatic rings. The van der Waals surface area contributed by atoms with Gasteiger partial charge in [0.15, 0.2) is 0 Å². The molecule has 1 unspecified atom stereocenters. The van der Waals surface area contributed by atoms with Crippen molar-refractivity contribution in [1.29, 1.82) is 0 Å². The molecule has 0 aliphatic heterocycles. The van der Waals surface area contributed by atoms with E-state index >= 15 is 0 Å². The van der Waals surface area contributed by atoms with Crippen molar-refractivity contribution in [3.05, 3.63) is 36.2 Å². The van der Waals surface area contributed by atoms with Crippen molar-refractivity contribution in [3.8, 4) is 0 Å². The van der Waals surface area contributed by atoms with Crippen molar-refractivity contribution in [2.75, 3.05) is 0 Å². The van der Waals surface area contributed by atoms with Gasteiger partial charge in [0, 0.05) is 12.1 Å². The maximum Gasteiger partial charge on any atom is 0.389 e. The van der Waals surface area contributed by atoms with Crippen molar-refractivity contribution >= 4 is 17.0 Å². The number of para-hydroxylation sites is 2. The minimum Gasteiger partial charge on any atom is -0.481 e. The smallest absolute Gasteiger partial charge is 0.389 e. The topological polar surface area (TPSA) is 63.1 Å². The monoisotopic (exact) mass is 284 g/mol. The zero-order valence-electron chi connectivity index (χ0n) is 10.3. The molecule has 0 saturated carbocycles. The Balaban J connectivity index is 2.36. The number of carboxylic acid groups (broad SMARTS) is 1. The summed E-state index contributed by atoms with van der Waals surface area (Å²) in [6.45, 7) is 0. The van der Waals surface area contributed by atoms with Gasteiger partial charge in [-0.15, -0.1) is 0 Å². The van der Waals surface area contributed by atoms with Crippen molar-refractivity contribution < 1.29 is 23.1 Å². The van der Waals surface area contributed by atoms with Gasteiger partial charge in [-0.2, -0.15) is 13.2 Å². The normalized spacial score (nSPS) is 13.3. The molecule has 0 saturated heterocycles. The summed E-state index contributed by atoms with van der Waals surface area (Å²) in [4.78, 5) is 18.8. The molecule has 1 aromatic heterocycles. The summed E-state index contributed by atoms with van der Waals surface area (Å²) in [7, 11) is 0. The Morgan fingerprint density at radius 1 is 1.25 bits per heavy atom. The van der Waals surface area contributed by atoms with Crippen LogP contribution >= 0.6 is 0 Å². The highest BCUT2D eigenvalue weighted by Crippen LogP contribution is 2.32. The largest absolute Gasteiger partial charge is 0.481 e. The maximum atomic E-state index is 12.5. The predicted molar refractivity (Wildman–Crippen MR) is 65.2 cm³/mol. The van der Waals surface area contributed by atoms with Crippen molar-refractivity contribution in [2.24, 2.45) is 0 Å². The van der Waals surface area contributed by atoms with Gasteiger partial charge in [0.05, 0.1) is 29.6 Å². The molecule has 1 N–H and O–H groups in total. The second-order valence-electron chi connectivity index (χ2n) is 4.40. The third-order valence-electron chi connectivity index (χ3n) is 2.78. The molecule has 0 aliphatic rings. The molecule has 0 spiro atoms. The molecule has 0 radical (unpaired) electrons. The van der Waals surface area contributed by atoms with Crippen LogP contribution in [0.25, 0.3) is 11.0 Å². The molecule has 0 fully saturated rings. The number of rotatable bonds is 4. The summed E-state index contributed by atoms with van der Waals surface area (Å²) in [6, 6.07) is 6.73. The highest BCUT2D eigenvalue weighted by Gasteiger charge is 2.34. The minimum absolute atomic E-state index is 0.0448. The number of hydrogen-bond acceptors (Lipinski definition) is 3. The van der Waals surface area contributed by atoms with Gasteiger partial charge < -0.3 is 5.11 Å². The number of carboxylic acids is 1. The lowest BCUT2D eigenvalue weighted by molar-refractivity contribution is -0.145. The fraction of sp³-hybridized carbons (Fsp3) is 0.308. The first-order chi connectivity index (χ1) is 9.35. The third kappa shape index (κ3) is 3.66. The highest BCUT2D eigenvalue weighted by atomic mass is 19.4. The van der Waals surface area contributed by atoms with Crippen LogP contribution in [0.5, 0.6) is 0 Å². The van der Waals surface area contributed by atoms with E-state index < -0.39 is 30.9 Å². The molecule has 7 heteroatoms. The van der Waals surface area contributed by atoms with Gasteiger partial charge in [0.2, 0.25) is 0 Å². The lowest BCUT2D eigenvalue weighted by atomic mass is 9.97. The van der Waals surface area contributed by atoms with Crippen LogP contribution in [0.15, 0.2) is 30.5 Å². The van der Waals surface area contributed by atoms with Gasteiger partial charge in [-0.05, 0) is 12.1 Å². The van der Waals surface area contributed by atoms with E-state index in [9.17, 15) is 18.0 Å². The molecule has 0 aliphatic carbocycles. The van der Waals surface area contributed by atoms with Crippen LogP contribution in [0.3, 0.4) is 0 Å². The molecule has 2 rings (SSSR count). The Kier molecular flexibility index (Phi) is 3.87. The number of fused-ring (bicyclic) bond motifs is 1. The summed E-state index contributed by atoms with van der Waals surface area (Å²) >= 11 is 0. The second-order valence-corrected chi connectivity index (χ2v) is 4.40. The van der Waals surface area contributed by atoms with Crippen LogP contribution in [0, 0.1) is 0 Å². The van der Waals surface area contributed by atoms with E-state index in [1.807, 2.05) is 0 Å². The average Bonchev–Trinajstić information content (AvgIpc) is 2.35. The average molecular weight is 284 g/mol. The summed E-state index contributed by atoms with van der Waals surface area (Å²) in [6.07, 6.45) is -5.10. The van der Waals surface area contributed by atoms with E-state index in [0.717, 1.165) is 0 Å². The number of aliphatic carboxylic acids is 1. The van der Waals surface area contributed by atoms with Gasteiger partial charge in [0.1, 0.15) is 0 Å². The van der Waals surface area contributed by atoms with Gasteiger partial charge in [0.25, 0.3) is 0 Å². The van der Waals surface area contributed by atoms with Crippen LogP contribution in [-0.4, -0.2) is 27.2 Å². The van der Waals surface area contributed by atoms with E-state index in [-0.39, 0.29) is 5.69 Å². The Bertz CT molecular complexity index is 628.